The summed E-state index contributed by atoms with van der Waals surface area (Å²) in [6.45, 7) is 0. The van der Waals surface area contributed by atoms with Crippen LogP contribution in [0.1, 0.15) is 20.7 Å². The van der Waals surface area contributed by atoms with Crippen molar-refractivity contribution in [2.75, 3.05) is 12.4 Å². The molecule has 0 saturated heterocycles. The SMILES string of the molecule is COC(=O)c1cccc(NC(=O)c2ccc(-c3cccnc3)cc2)c1O. The number of ether oxygens (including phenoxy) is 1. The first-order valence-electron chi connectivity index (χ1n) is 7.82. The molecule has 6 heteroatoms. The van der Waals surface area contributed by atoms with E-state index in [1.165, 1.54) is 19.2 Å². The number of anilines is 1. The summed E-state index contributed by atoms with van der Waals surface area (Å²) in [5.74, 6) is -1.42. The van der Waals surface area contributed by atoms with Crippen LogP contribution in [0.4, 0.5) is 5.69 Å². The molecule has 0 saturated carbocycles. The summed E-state index contributed by atoms with van der Waals surface area (Å²) in [5.41, 5.74) is 2.42. The molecular formula is C20H16N2O4. The Hall–Kier alpha value is -3.67. The molecule has 0 unspecified atom stereocenters. The van der Waals surface area contributed by atoms with E-state index < -0.39 is 11.9 Å². The standard InChI is InChI=1S/C20H16N2O4/c1-26-20(25)16-5-2-6-17(18(16)23)22-19(24)14-9-7-13(8-10-14)15-4-3-11-21-12-15/h2-12,23H,1H3,(H,22,24). The van der Waals surface area contributed by atoms with Gasteiger partial charge in [-0.25, -0.2) is 4.79 Å². The number of esters is 1. The second kappa shape index (κ2) is 7.48. The van der Waals surface area contributed by atoms with Crippen molar-refractivity contribution in [3.8, 4) is 16.9 Å². The average molecular weight is 348 g/mol. The molecule has 0 bridgehead atoms. The first-order chi connectivity index (χ1) is 12.6. The van der Waals surface area contributed by atoms with Gasteiger partial charge in [0.15, 0.2) is 5.75 Å². The van der Waals surface area contributed by atoms with Crippen molar-refractivity contribution in [3.05, 3.63) is 78.1 Å². The molecule has 1 heterocycles. The van der Waals surface area contributed by atoms with E-state index in [2.05, 4.69) is 15.0 Å². The number of para-hydroxylation sites is 1. The molecule has 0 aliphatic rings. The van der Waals surface area contributed by atoms with Gasteiger partial charge in [0.1, 0.15) is 5.56 Å². The van der Waals surface area contributed by atoms with Crippen molar-refractivity contribution in [1.29, 1.82) is 0 Å². The largest absolute Gasteiger partial charge is 0.505 e. The number of hydrogen-bond donors (Lipinski definition) is 2. The number of benzene rings is 2. The van der Waals surface area contributed by atoms with E-state index in [-0.39, 0.29) is 17.0 Å². The maximum absolute atomic E-state index is 12.4. The van der Waals surface area contributed by atoms with Crippen LogP contribution in [0.2, 0.25) is 0 Å². The molecule has 0 fully saturated rings. The summed E-state index contributed by atoms with van der Waals surface area (Å²) in [6, 6.07) is 15.2. The van der Waals surface area contributed by atoms with Crippen molar-refractivity contribution in [2.45, 2.75) is 0 Å². The molecule has 0 spiro atoms. The van der Waals surface area contributed by atoms with Gasteiger partial charge in [-0.1, -0.05) is 24.3 Å². The van der Waals surface area contributed by atoms with Gasteiger partial charge in [0.25, 0.3) is 5.91 Å². The summed E-state index contributed by atoms with van der Waals surface area (Å²) in [5, 5.41) is 12.8. The average Bonchev–Trinajstić information content (AvgIpc) is 2.69. The number of phenolic OH excluding ortho intramolecular Hbond substituents is 1. The lowest BCUT2D eigenvalue weighted by molar-refractivity contribution is 0.0597. The maximum Gasteiger partial charge on any atom is 0.341 e. The number of nitrogens with one attached hydrogen (secondary N) is 1. The third-order valence-corrected chi connectivity index (χ3v) is 3.83. The van der Waals surface area contributed by atoms with Gasteiger partial charge in [0, 0.05) is 18.0 Å². The van der Waals surface area contributed by atoms with Crippen molar-refractivity contribution in [3.63, 3.8) is 0 Å². The van der Waals surface area contributed by atoms with E-state index in [9.17, 15) is 14.7 Å². The number of nitrogens with zero attached hydrogens (tertiary/aromatic N) is 1. The van der Waals surface area contributed by atoms with Gasteiger partial charge in [-0.05, 0) is 41.5 Å². The van der Waals surface area contributed by atoms with Crippen LogP contribution in [-0.4, -0.2) is 29.1 Å². The predicted molar refractivity (Wildman–Crippen MR) is 97.1 cm³/mol. The molecule has 1 aromatic heterocycles. The summed E-state index contributed by atoms with van der Waals surface area (Å²) < 4.78 is 4.60. The second-order valence-electron chi connectivity index (χ2n) is 5.47. The summed E-state index contributed by atoms with van der Waals surface area (Å²) in [7, 11) is 1.22. The highest BCUT2D eigenvalue weighted by atomic mass is 16.5. The molecule has 1 amide bonds. The smallest absolute Gasteiger partial charge is 0.341 e. The summed E-state index contributed by atoms with van der Waals surface area (Å²) >= 11 is 0. The normalized spacial score (nSPS) is 10.2. The van der Waals surface area contributed by atoms with Crippen molar-refractivity contribution in [1.82, 2.24) is 4.98 Å². The molecule has 26 heavy (non-hydrogen) atoms. The minimum atomic E-state index is -0.681. The lowest BCUT2D eigenvalue weighted by Gasteiger charge is -2.10. The zero-order chi connectivity index (χ0) is 18.5. The molecule has 130 valence electrons. The van der Waals surface area contributed by atoms with Crippen LogP contribution in [0, 0.1) is 0 Å². The number of methoxy groups -OCH3 is 1. The zero-order valence-corrected chi connectivity index (χ0v) is 14.0. The Bertz CT molecular complexity index is 938. The topological polar surface area (TPSA) is 88.5 Å². The number of rotatable bonds is 4. The Morgan fingerprint density at radius 3 is 2.42 bits per heavy atom. The molecule has 0 aliphatic heterocycles. The van der Waals surface area contributed by atoms with Gasteiger partial charge in [-0.3, -0.25) is 9.78 Å². The number of phenols is 1. The van der Waals surface area contributed by atoms with Crippen LogP contribution in [0.25, 0.3) is 11.1 Å². The first kappa shape index (κ1) is 17.2. The third-order valence-electron chi connectivity index (χ3n) is 3.83. The fraction of sp³-hybridized carbons (Fsp3) is 0.0500. The van der Waals surface area contributed by atoms with Gasteiger partial charge < -0.3 is 15.2 Å². The van der Waals surface area contributed by atoms with E-state index in [0.29, 0.717) is 5.56 Å². The van der Waals surface area contributed by atoms with E-state index in [1.54, 1.807) is 30.6 Å². The number of amides is 1. The lowest BCUT2D eigenvalue weighted by atomic mass is 10.1. The molecule has 3 rings (SSSR count). The predicted octanol–water partition coefficient (Wildman–Crippen LogP) is 3.49. The van der Waals surface area contributed by atoms with Crippen molar-refractivity contribution < 1.29 is 19.4 Å². The molecule has 0 atom stereocenters. The fourth-order valence-electron chi connectivity index (χ4n) is 2.46. The molecule has 0 radical (unpaired) electrons. The van der Waals surface area contributed by atoms with Crippen LogP contribution in [0.5, 0.6) is 5.75 Å². The van der Waals surface area contributed by atoms with Gasteiger partial charge in [0.05, 0.1) is 12.8 Å². The zero-order valence-electron chi connectivity index (χ0n) is 14.0. The first-order valence-corrected chi connectivity index (χ1v) is 7.82. The minimum absolute atomic E-state index is 0.0165. The Morgan fingerprint density at radius 1 is 1.00 bits per heavy atom. The molecule has 3 aromatic rings. The van der Waals surface area contributed by atoms with E-state index in [1.807, 2.05) is 24.3 Å². The van der Waals surface area contributed by atoms with Gasteiger partial charge in [-0.2, -0.15) is 0 Å². The van der Waals surface area contributed by atoms with Crippen LogP contribution < -0.4 is 5.32 Å². The number of carbonyl (C=O) groups excluding carboxylic acids is 2. The van der Waals surface area contributed by atoms with E-state index in [4.69, 9.17) is 0 Å². The lowest BCUT2D eigenvalue weighted by Crippen LogP contribution is -2.13. The number of pyridine rings is 1. The third kappa shape index (κ3) is 3.54. The highest BCUT2D eigenvalue weighted by Crippen LogP contribution is 2.28. The number of aromatic nitrogens is 1. The monoisotopic (exact) mass is 348 g/mol. The summed E-state index contributed by atoms with van der Waals surface area (Å²) in [6.07, 6.45) is 3.44. The summed E-state index contributed by atoms with van der Waals surface area (Å²) in [4.78, 5) is 28.1. The quantitative estimate of drug-likeness (QED) is 0.556. The highest BCUT2D eigenvalue weighted by Gasteiger charge is 2.16. The molecule has 6 nitrogen and oxygen atoms in total. The van der Waals surface area contributed by atoms with Crippen molar-refractivity contribution >= 4 is 17.6 Å². The molecule has 2 aromatic carbocycles. The number of aromatic hydroxyl groups is 1. The van der Waals surface area contributed by atoms with Crippen LogP contribution >= 0.6 is 0 Å². The Morgan fingerprint density at radius 2 is 1.77 bits per heavy atom. The Kier molecular flexibility index (Phi) is 4.94. The van der Waals surface area contributed by atoms with Gasteiger partial charge in [-0.15, -0.1) is 0 Å². The fourth-order valence-corrected chi connectivity index (χ4v) is 2.46. The van der Waals surface area contributed by atoms with Crippen LogP contribution in [0.15, 0.2) is 67.0 Å². The van der Waals surface area contributed by atoms with Crippen LogP contribution in [0.3, 0.4) is 0 Å². The molecule has 2 N–H and O–H groups in total. The maximum atomic E-state index is 12.4. The Labute approximate surface area is 150 Å². The van der Waals surface area contributed by atoms with Gasteiger partial charge >= 0.3 is 5.97 Å². The highest BCUT2D eigenvalue weighted by molar-refractivity contribution is 6.06. The van der Waals surface area contributed by atoms with E-state index >= 15 is 0 Å². The minimum Gasteiger partial charge on any atom is -0.505 e. The van der Waals surface area contributed by atoms with Gasteiger partial charge in [0.2, 0.25) is 0 Å². The molecular weight excluding hydrogens is 332 g/mol. The number of carbonyl (C=O) groups is 2. The Balaban J connectivity index is 1.80. The van der Waals surface area contributed by atoms with Crippen molar-refractivity contribution in [2.24, 2.45) is 0 Å². The van der Waals surface area contributed by atoms with E-state index in [0.717, 1.165) is 11.1 Å². The van der Waals surface area contributed by atoms with Crippen LogP contribution in [-0.2, 0) is 4.74 Å². The molecule has 0 aliphatic carbocycles. The number of hydrogen-bond acceptors (Lipinski definition) is 5. The second-order valence-corrected chi connectivity index (χ2v) is 5.47.